The molecular weight excluding hydrogens is 342 g/mol. The van der Waals surface area contributed by atoms with Crippen molar-refractivity contribution in [2.45, 2.75) is 13.5 Å². The second-order valence-electron chi connectivity index (χ2n) is 5.42. The predicted octanol–water partition coefficient (Wildman–Crippen LogP) is 2.95. The van der Waals surface area contributed by atoms with Crippen LogP contribution in [0.15, 0.2) is 42.5 Å². The minimum Gasteiger partial charge on any atom is -0.495 e. The van der Waals surface area contributed by atoms with Crippen LogP contribution in [0.1, 0.15) is 5.56 Å². The summed E-state index contributed by atoms with van der Waals surface area (Å²) < 4.78 is 6.66. The van der Waals surface area contributed by atoms with E-state index in [4.69, 9.17) is 16.3 Å². The van der Waals surface area contributed by atoms with Crippen LogP contribution in [0.4, 0.5) is 5.69 Å². The van der Waals surface area contributed by atoms with Crippen molar-refractivity contribution in [3.8, 4) is 17.1 Å². The molecule has 0 saturated heterocycles. The van der Waals surface area contributed by atoms with Crippen molar-refractivity contribution in [3.63, 3.8) is 0 Å². The zero-order chi connectivity index (χ0) is 17.8. The lowest BCUT2D eigenvalue weighted by Gasteiger charge is -2.11. The lowest BCUT2D eigenvalue weighted by atomic mass is 10.1. The third-order valence-electron chi connectivity index (χ3n) is 3.57. The summed E-state index contributed by atoms with van der Waals surface area (Å²) in [7, 11) is 1.52. The van der Waals surface area contributed by atoms with Crippen LogP contribution in [0.25, 0.3) is 11.4 Å². The Labute approximate surface area is 149 Å². The molecule has 3 aromatic rings. The molecule has 0 bridgehead atoms. The van der Waals surface area contributed by atoms with E-state index >= 15 is 0 Å². The average Bonchev–Trinajstić information content (AvgIpc) is 3.03. The molecule has 2 aromatic carbocycles. The van der Waals surface area contributed by atoms with Gasteiger partial charge in [-0.25, -0.2) is 4.68 Å². The van der Waals surface area contributed by atoms with Crippen molar-refractivity contribution in [1.29, 1.82) is 0 Å². The number of amides is 1. The van der Waals surface area contributed by atoms with Crippen molar-refractivity contribution in [2.75, 3.05) is 12.4 Å². The minimum absolute atomic E-state index is 0.0358. The predicted molar refractivity (Wildman–Crippen MR) is 94.6 cm³/mol. The van der Waals surface area contributed by atoms with Crippen LogP contribution >= 0.6 is 11.6 Å². The smallest absolute Gasteiger partial charge is 0.246 e. The van der Waals surface area contributed by atoms with Crippen LogP contribution in [0.3, 0.4) is 0 Å². The molecule has 1 heterocycles. The SMILES string of the molecule is COc1ccc(Cl)cc1NC(=O)Cn1nnnc1-c1ccc(C)cc1. The average molecular weight is 358 g/mol. The third kappa shape index (κ3) is 3.95. The van der Waals surface area contributed by atoms with Gasteiger partial charge in [0, 0.05) is 10.6 Å². The summed E-state index contributed by atoms with van der Waals surface area (Å²) in [4.78, 5) is 12.4. The van der Waals surface area contributed by atoms with Crippen LogP contribution < -0.4 is 10.1 Å². The summed E-state index contributed by atoms with van der Waals surface area (Å²) in [5.41, 5.74) is 2.46. The van der Waals surface area contributed by atoms with Gasteiger partial charge in [-0.2, -0.15) is 0 Å². The molecule has 1 amide bonds. The van der Waals surface area contributed by atoms with Crippen LogP contribution in [0.5, 0.6) is 5.75 Å². The highest BCUT2D eigenvalue weighted by atomic mass is 35.5. The van der Waals surface area contributed by atoms with Crippen molar-refractivity contribution in [1.82, 2.24) is 20.2 Å². The van der Waals surface area contributed by atoms with E-state index in [1.807, 2.05) is 31.2 Å². The largest absolute Gasteiger partial charge is 0.495 e. The second kappa shape index (κ2) is 7.31. The molecule has 3 rings (SSSR count). The Morgan fingerprint density at radius 3 is 2.72 bits per heavy atom. The van der Waals surface area contributed by atoms with Crippen LogP contribution in [-0.2, 0) is 11.3 Å². The van der Waals surface area contributed by atoms with Crippen molar-refractivity contribution < 1.29 is 9.53 Å². The van der Waals surface area contributed by atoms with Crippen LogP contribution in [-0.4, -0.2) is 33.2 Å². The third-order valence-corrected chi connectivity index (χ3v) is 3.81. The molecule has 1 aromatic heterocycles. The van der Waals surface area contributed by atoms with Crippen molar-refractivity contribution in [2.24, 2.45) is 0 Å². The molecule has 0 aliphatic heterocycles. The van der Waals surface area contributed by atoms with Gasteiger partial charge in [0.25, 0.3) is 0 Å². The molecule has 0 fully saturated rings. The van der Waals surface area contributed by atoms with Gasteiger partial charge < -0.3 is 10.1 Å². The summed E-state index contributed by atoms with van der Waals surface area (Å²) in [6.45, 7) is 1.96. The Hall–Kier alpha value is -2.93. The number of tetrazole rings is 1. The zero-order valence-electron chi connectivity index (χ0n) is 13.7. The Morgan fingerprint density at radius 2 is 2.00 bits per heavy atom. The second-order valence-corrected chi connectivity index (χ2v) is 5.86. The number of anilines is 1. The molecule has 25 heavy (non-hydrogen) atoms. The Bertz CT molecular complexity index is 892. The molecule has 1 N–H and O–H groups in total. The van der Waals surface area contributed by atoms with E-state index in [-0.39, 0.29) is 12.5 Å². The van der Waals surface area contributed by atoms with E-state index in [9.17, 15) is 4.79 Å². The number of nitrogens with one attached hydrogen (secondary N) is 1. The van der Waals surface area contributed by atoms with Crippen LogP contribution in [0.2, 0.25) is 5.02 Å². The summed E-state index contributed by atoms with van der Waals surface area (Å²) >= 11 is 5.97. The van der Waals surface area contributed by atoms with Gasteiger partial charge >= 0.3 is 0 Å². The number of aromatic nitrogens is 4. The number of halogens is 1. The molecule has 0 unspecified atom stereocenters. The fourth-order valence-corrected chi connectivity index (χ4v) is 2.50. The highest BCUT2D eigenvalue weighted by molar-refractivity contribution is 6.31. The van der Waals surface area contributed by atoms with Crippen molar-refractivity contribution >= 4 is 23.2 Å². The van der Waals surface area contributed by atoms with E-state index in [2.05, 4.69) is 20.8 Å². The first kappa shape index (κ1) is 16.9. The maximum atomic E-state index is 12.4. The van der Waals surface area contributed by atoms with Crippen LogP contribution in [0, 0.1) is 6.92 Å². The van der Waals surface area contributed by atoms with Gasteiger partial charge in [-0.3, -0.25) is 4.79 Å². The number of carbonyl (C=O) groups is 1. The zero-order valence-corrected chi connectivity index (χ0v) is 14.5. The number of benzene rings is 2. The maximum absolute atomic E-state index is 12.4. The highest BCUT2D eigenvalue weighted by Crippen LogP contribution is 2.27. The molecule has 0 radical (unpaired) electrons. The molecule has 7 nitrogen and oxygen atoms in total. The van der Waals surface area contributed by atoms with Gasteiger partial charge in [0.1, 0.15) is 12.3 Å². The molecule has 0 spiro atoms. The normalized spacial score (nSPS) is 10.5. The first-order valence-corrected chi connectivity index (χ1v) is 7.91. The number of rotatable bonds is 5. The first-order valence-electron chi connectivity index (χ1n) is 7.53. The van der Waals surface area contributed by atoms with E-state index in [1.54, 1.807) is 18.2 Å². The Balaban J connectivity index is 1.78. The number of ether oxygens (including phenoxy) is 1. The van der Waals surface area contributed by atoms with E-state index < -0.39 is 0 Å². The maximum Gasteiger partial charge on any atom is 0.246 e. The standard InChI is InChI=1S/C17H16ClN5O2/c1-11-3-5-12(6-4-11)17-20-21-22-23(17)10-16(24)19-14-9-13(18)7-8-15(14)25-2/h3-9H,10H2,1-2H3,(H,19,24). The molecule has 0 aliphatic carbocycles. The molecule has 0 saturated carbocycles. The summed E-state index contributed by atoms with van der Waals surface area (Å²) in [6, 6.07) is 12.7. The van der Waals surface area contributed by atoms with Gasteiger partial charge in [0.15, 0.2) is 5.82 Å². The summed E-state index contributed by atoms with van der Waals surface area (Å²) in [5.74, 6) is 0.752. The first-order chi connectivity index (χ1) is 12.1. The molecule has 0 atom stereocenters. The minimum atomic E-state index is -0.291. The lowest BCUT2D eigenvalue weighted by Crippen LogP contribution is -2.20. The van der Waals surface area contributed by atoms with E-state index in [0.29, 0.717) is 22.3 Å². The fourth-order valence-electron chi connectivity index (χ4n) is 2.32. The Kier molecular flexibility index (Phi) is 4.95. The Morgan fingerprint density at radius 1 is 1.24 bits per heavy atom. The summed E-state index contributed by atoms with van der Waals surface area (Å²) in [5, 5.41) is 14.8. The molecule has 8 heteroatoms. The van der Waals surface area contributed by atoms with E-state index in [1.165, 1.54) is 11.8 Å². The molecule has 0 aliphatic rings. The summed E-state index contributed by atoms with van der Waals surface area (Å²) in [6.07, 6.45) is 0. The number of hydrogen-bond acceptors (Lipinski definition) is 5. The molecule has 128 valence electrons. The fraction of sp³-hybridized carbons (Fsp3) is 0.176. The number of methoxy groups -OCH3 is 1. The number of carbonyl (C=O) groups excluding carboxylic acids is 1. The number of aryl methyl sites for hydroxylation is 1. The topological polar surface area (TPSA) is 81.9 Å². The van der Waals surface area contributed by atoms with Gasteiger partial charge in [-0.1, -0.05) is 41.4 Å². The van der Waals surface area contributed by atoms with Gasteiger partial charge in [0.05, 0.1) is 12.8 Å². The molecular formula is C17H16ClN5O2. The van der Waals surface area contributed by atoms with E-state index in [0.717, 1.165) is 11.1 Å². The van der Waals surface area contributed by atoms with Crippen molar-refractivity contribution in [3.05, 3.63) is 53.1 Å². The highest BCUT2D eigenvalue weighted by Gasteiger charge is 2.14. The monoisotopic (exact) mass is 357 g/mol. The van der Waals surface area contributed by atoms with Gasteiger partial charge in [-0.05, 0) is 35.5 Å². The quantitative estimate of drug-likeness (QED) is 0.759. The van der Waals surface area contributed by atoms with Gasteiger partial charge in [-0.15, -0.1) is 5.10 Å². The lowest BCUT2D eigenvalue weighted by molar-refractivity contribution is -0.116. The number of nitrogens with zero attached hydrogens (tertiary/aromatic N) is 4. The van der Waals surface area contributed by atoms with Gasteiger partial charge in [0.2, 0.25) is 5.91 Å². The number of hydrogen-bond donors (Lipinski definition) is 1.